The number of methoxy groups -OCH3 is 1. The first-order valence-electron chi connectivity index (χ1n) is 8.95. The average Bonchev–Trinajstić information content (AvgIpc) is 3.47. The molecule has 0 amide bonds. The van der Waals surface area contributed by atoms with Gasteiger partial charge in [0.25, 0.3) is 0 Å². The number of carbonyl (C=O) groups excluding carboxylic acids is 1. The van der Waals surface area contributed by atoms with E-state index in [1.165, 1.54) is 0 Å². The highest BCUT2D eigenvalue weighted by molar-refractivity contribution is 7.15. The maximum atomic E-state index is 12.7. The summed E-state index contributed by atoms with van der Waals surface area (Å²) in [5, 5.41) is 1.97. The molecule has 3 heterocycles. The number of imidazole rings is 1. The molecule has 7 heteroatoms. The minimum Gasteiger partial charge on any atom is -0.497 e. The largest absolute Gasteiger partial charge is 0.497 e. The standard InChI is InChI=1S/C22H16N2O4S/c1-26-16-5-2-14(3-6-16)21-17(24-10-11-29-22(24)23-21)7-8-18(25)15-4-9-19-20(12-15)28-13-27-19/h2-12H,13H2,1H3/b8-7+. The zero-order valence-electron chi connectivity index (χ0n) is 15.5. The number of aromatic nitrogens is 2. The van der Waals surface area contributed by atoms with Gasteiger partial charge >= 0.3 is 0 Å². The highest BCUT2D eigenvalue weighted by atomic mass is 32.1. The molecule has 2 aromatic carbocycles. The first-order chi connectivity index (χ1) is 14.2. The minimum atomic E-state index is -0.117. The number of hydrogen-bond acceptors (Lipinski definition) is 6. The fraction of sp³-hybridized carbons (Fsp3) is 0.0909. The Kier molecular flexibility index (Phi) is 4.29. The van der Waals surface area contributed by atoms with Gasteiger partial charge in [0, 0.05) is 22.7 Å². The molecular formula is C22H16N2O4S. The summed E-state index contributed by atoms with van der Waals surface area (Å²) in [6, 6.07) is 12.9. The van der Waals surface area contributed by atoms with Crippen LogP contribution in [0.1, 0.15) is 16.1 Å². The Balaban J connectivity index is 1.50. The van der Waals surface area contributed by atoms with E-state index in [1.54, 1.807) is 48.8 Å². The Labute approximate surface area is 170 Å². The van der Waals surface area contributed by atoms with Crippen molar-refractivity contribution in [2.75, 3.05) is 13.9 Å². The molecule has 1 aliphatic rings. The van der Waals surface area contributed by atoms with E-state index < -0.39 is 0 Å². The molecule has 0 radical (unpaired) electrons. The fourth-order valence-corrected chi connectivity index (χ4v) is 3.95. The first-order valence-corrected chi connectivity index (χ1v) is 9.83. The molecule has 1 aliphatic heterocycles. The Hall–Kier alpha value is -3.58. The summed E-state index contributed by atoms with van der Waals surface area (Å²) in [4.78, 5) is 18.3. The van der Waals surface area contributed by atoms with Crippen molar-refractivity contribution in [3.63, 3.8) is 0 Å². The van der Waals surface area contributed by atoms with Gasteiger partial charge in [-0.2, -0.15) is 0 Å². The van der Waals surface area contributed by atoms with Crippen LogP contribution in [0.5, 0.6) is 17.2 Å². The van der Waals surface area contributed by atoms with E-state index in [0.29, 0.717) is 17.1 Å². The number of carbonyl (C=O) groups is 1. The normalized spacial score (nSPS) is 12.7. The maximum Gasteiger partial charge on any atom is 0.231 e. The van der Waals surface area contributed by atoms with E-state index in [0.717, 1.165) is 27.7 Å². The van der Waals surface area contributed by atoms with Crippen LogP contribution in [-0.2, 0) is 0 Å². The highest BCUT2D eigenvalue weighted by Crippen LogP contribution is 2.33. The zero-order valence-corrected chi connectivity index (χ0v) is 16.3. The van der Waals surface area contributed by atoms with E-state index in [9.17, 15) is 4.79 Å². The molecule has 0 spiro atoms. The highest BCUT2D eigenvalue weighted by Gasteiger charge is 2.16. The molecule has 0 saturated carbocycles. The molecule has 0 atom stereocenters. The summed E-state index contributed by atoms with van der Waals surface area (Å²) in [7, 11) is 1.64. The van der Waals surface area contributed by atoms with Crippen molar-refractivity contribution in [2.45, 2.75) is 0 Å². The molecule has 0 saturated heterocycles. The Morgan fingerprint density at radius 3 is 2.83 bits per heavy atom. The van der Waals surface area contributed by atoms with Crippen LogP contribution in [0.15, 0.2) is 60.1 Å². The van der Waals surface area contributed by atoms with Crippen LogP contribution in [0.25, 0.3) is 22.3 Å². The van der Waals surface area contributed by atoms with Crippen LogP contribution in [0, 0.1) is 0 Å². The smallest absolute Gasteiger partial charge is 0.231 e. The molecule has 144 valence electrons. The van der Waals surface area contributed by atoms with Crippen molar-refractivity contribution in [2.24, 2.45) is 0 Å². The summed E-state index contributed by atoms with van der Waals surface area (Å²) in [5.74, 6) is 1.91. The Bertz CT molecular complexity index is 1240. The Morgan fingerprint density at radius 1 is 1.17 bits per heavy atom. The number of thiazole rings is 1. The molecule has 5 rings (SSSR count). The summed E-state index contributed by atoms with van der Waals surface area (Å²) in [6.45, 7) is 0.181. The maximum absolute atomic E-state index is 12.7. The predicted molar refractivity (Wildman–Crippen MR) is 111 cm³/mol. The summed E-state index contributed by atoms with van der Waals surface area (Å²) in [6.07, 6.45) is 5.32. The summed E-state index contributed by atoms with van der Waals surface area (Å²) >= 11 is 1.55. The summed E-state index contributed by atoms with van der Waals surface area (Å²) < 4.78 is 17.9. The zero-order chi connectivity index (χ0) is 19.8. The number of rotatable bonds is 5. The average molecular weight is 404 g/mol. The number of ether oxygens (including phenoxy) is 3. The van der Waals surface area contributed by atoms with Crippen molar-refractivity contribution in [1.82, 2.24) is 9.38 Å². The van der Waals surface area contributed by atoms with E-state index in [4.69, 9.17) is 19.2 Å². The molecule has 0 bridgehead atoms. The quantitative estimate of drug-likeness (QED) is 0.357. The lowest BCUT2D eigenvalue weighted by atomic mass is 10.1. The Morgan fingerprint density at radius 2 is 2.00 bits per heavy atom. The van der Waals surface area contributed by atoms with Crippen LogP contribution in [0.3, 0.4) is 0 Å². The van der Waals surface area contributed by atoms with Gasteiger partial charge in [-0.05, 0) is 54.6 Å². The number of fused-ring (bicyclic) bond motifs is 2. The van der Waals surface area contributed by atoms with Gasteiger partial charge in [-0.1, -0.05) is 0 Å². The van der Waals surface area contributed by atoms with Crippen LogP contribution in [0.4, 0.5) is 0 Å². The number of benzene rings is 2. The minimum absolute atomic E-state index is 0.117. The predicted octanol–water partition coefficient (Wildman–Crippen LogP) is 4.70. The van der Waals surface area contributed by atoms with Crippen molar-refractivity contribution >= 4 is 28.2 Å². The SMILES string of the molecule is COc1ccc(-c2nc3sccn3c2/C=C/C(=O)c2ccc3c(c2)OCO3)cc1. The van der Waals surface area contributed by atoms with Gasteiger partial charge < -0.3 is 14.2 Å². The molecule has 2 aromatic heterocycles. The topological polar surface area (TPSA) is 62.1 Å². The second kappa shape index (κ2) is 7.10. The van der Waals surface area contributed by atoms with Gasteiger partial charge in [0.15, 0.2) is 22.2 Å². The van der Waals surface area contributed by atoms with Gasteiger partial charge in [-0.3, -0.25) is 9.20 Å². The van der Waals surface area contributed by atoms with Crippen LogP contribution in [0.2, 0.25) is 0 Å². The number of hydrogen-bond donors (Lipinski definition) is 0. The second-order valence-corrected chi connectivity index (χ2v) is 7.27. The van der Waals surface area contributed by atoms with Crippen LogP contribution < -0.4 is 14.2 Å². The third-order valence-corrected chi connectivity index (χ3v) is 5.47. The van der Waals surface area contributed by atoms with E-state index in [-0.39, 0.29) is 12.6 Å². The van der Waals surface area contributed by atoms with Crippen LogP contribution in [-0.4, -0.2) is 29.1 Å². The van der Waals surface area contributed by atoms with Gasteiger partial charge in [0.05, 0.1) is 18.5 Å². The van der Waals surface area contributed by atoms with E-state index in [1.807, 2.05) is 40.2 Å². The number of allylic oxidation sites excluding steroid dienone is 1. The summed E-state index contributed by atoms with van der Waals surface area (Å²) in [5.41, 5.74) is 3.16. The lowest BCUT2D eigenvalue weighted by Gasteiger charge is -2.03. The molecule has 0 N–H and O–H groups in total. The second-order valence-electron chi connectivity index (χ2n) is 6.40. The van der Waals surface area contributed by atoms with E-state index >= 15 is 0 Å². The van der Waals surface area contributed by atoms with Gasteiger partial charge in [0.1, 0.15) is 5.75 Å². The third-order valence-electron chi connectivity index (χ3n) is 4.71. The van der Waals surface area contributed by atoms with Crippen molar-refractivity contribution < 1.29 is 19.0 Å². The third kappa shape index (κ3) is 3.15. The van der Waals surface area contributed by atoms with Gasteiger partial charge in [-0.25, -0.2) is 4.98 Å². The number of ketones is 1. The van der Waals surface area contributed by atoms with Gasteiger partial charge in [-0.15, -0.1) is 11.3 Å². The molecule has 4 aromatic rings. The number of nitrogens with zero attached hydrogens (tertiary/aromatic N) is 2. The van der Waals surface area contributed by atoms with Crippen molar-refractivity contribution in [1.29, 1.82) is 0 Å². The van der Waals surface area contributed by atoms with E-state index in [2.05, 4.69) is 0 Å². The van der Waals surface area contributed by atoms with Crippen LogP contribution >= 0.6 is 11.3 Å². The van der Waals surface area contributed by atoms with Gasteiger partial charge in [0.2, 0.25) is 6.79 Å². The molecule has 0 unspecified atom stereocenters. The lowest BCUT2D eigenvalue weighted by molar-refractivity contribution is 0.104. The molecule has 0 aliphatic carbocycles. The lowest BCUT2D eigenvalue weighted by Crippen LogP contribution is -1.95. The van der Waals surface area contributed by atoms with Crippen molar-refractivity contribution in [3.8, 4) is 28.5 Å². The fourth-order valence-electron chi connectivity index (χ4n) is 3.22. The monoisotopic (exact) mass is 404 g/mol. The first kappa shape index (κ1) is 17.5. The molecule has 6 nitrogen and oxygen atoms in total. The molecular weight excluding hydrogens is 388 g/mol. The molecule has 0 fully saturated rings. The van der Waals surface area contributed by atoms with Crippen molar-refractivity contribution in [3.05, 3.63) is 71.4 Å². The molecule has 29 heavy (non-hydrogen) atoms.